The van der Waals surface area contributed by atoms with Gasteiger partial charge in [-0.05, 0) is 43.6 Å². The van der Waals surface area contributed by atoms with Gasteiger partial charge in [0, 0.05) is 6.42 Å². The highest BCUT2D eigenvalue weighted by molar-refractivity contribution is 6.26. The second-order valence-electron chi connectivity index (χ2n) is 14.8. The van der Waals surface area contributed by atoms with Crippen molar-refractivity contribution in [2.24, 2.45) is 51.5 Å². The average Bonchev–Trinajstić information content (AvgIpc) is 2.95. The quantitative estimate of drug-likeness (QED) is 0.0376. The lowest BCUT2D eigenvalue weighted by molar-refractivity contribution is -0.286. The second-order valence-corrected chi connectivity index (χ2v) is 14.8. The Kier molecular flexibility index (Phi) is 17.7. The number of nitrogens with two attached hydrogens (primary N) is 4. The molecule has 0 aromatic carbocycles. The maximum absolute atomic E-state index is 14.4. The molecule has 0 aliphatic carbocycles. The van der Waals surface area contributed by atoms with E-state index in [0.717, 1.165) is 19.8 Å². The number of carbonyl (C=O) groups excluding carboxylic acids is 5. The fourth-order valence-electron chi connectivity index (χ4n) is 5.87. The first-order valence-electron chi connectivity index (χ1n) is 17.1. The Labute approximate surface area is 281 Å². The molecule has 11 N–H and O–H groups in total. The van der Waals surface area contributed by atoms with Crippen molar-refractivity contribution in [3.05, 3.63) is 0 Å². The van der Waals surface area contributed by atoms with Crippen LogP contribution in [0.4, 0.5) is 0 Å². The number of esters is 2. The van der Waals surface area contributed by atoms with Gasteiger partial charge in [-0.25, -0.2) is 9.59 Å². The normalized spacial score (nSPS) is 17.7. The first-order chi connectivity index (χ1) is 21.4. The number of hydrogen-bond acceptors (Lipinski definition) is 13. The molecule has 0 aliphatic heterocycles. The topological polar surface area (TPSA) is 251 Å². The Morgan fingerprint density at radius 2 is 1.26 bits per heavy atom. The van der Waals surface area contributed by atoms with Crippen molar-refractivity contribution in [2.75, 3.05) is 6.54 Å². The van der Waals surface area contributed by atoms with Gasteiger partial charge in [0.05, 0.1) is 18.0 Å². The van der Waals surface area contributed by atoms with Crippen LogP contribution in [0.3, 0.4) is 0 Å². The molecule has 13 heteroatoms. The van der Waals surface area contributed by atoms with Crippen molar-refractivity contribution in [1.29, 1.82) is 0 Å². The summed E-state index contributed by atoms with van der Waals surface area (Å²) in [5.41, 5.74) is 17.7. The molecular weight excluding hydrogens is 606 g/mol. The number of rotatable bonds is 22. The van der Waals surface area contributed by atoms with Crippen molar-refractivity contribution in [1.82, 2.24) is 5.32 Å². The number of hydrogen-bond donors (Lipinski definition) is 7. The summed E-state index contributed by atoms with van der Waals surface area (Å²) in [6.07, 6.45) is 3.58. The average molecular weight is 672 g/mol. The van der Waals surface area contributed by atoms with Gasteiger partial charge in [-0.1, -0.05) is 94.4 Å². The summed E-state index contributed by atoms with van der Waals surface area (Å²) < 4.78 is 5.08. The van der Waals surface area contributed by atoms with E-state index in [1.54, 1.807) is 48.5 Å². The molecule has 0 aromatic heterocycles. The van der Waals surface area contributed by atoms with E-state index in [2.05, 4.69) is 5.32 Å². The molecule has 0 bridgehead atoms. The second kappa shape index (κ2) is 18.6. The van der Waals surface area contributed by atoms with Crippen LogP contribution in [0, 0.1) is 28.6 Å². The highest BCUT2D eigenvalue weighted by Crippen LogP contribution is 2.48. The van der Waals surface area contributed by atoms with E-state index in [4.69, 9.17) is 27.7 Å². The molecule has 0 rings (SSSR count). The fourth-order valence-corrected chi connectivity index (χ4v) is 5.87. The van der Waals surface area contributed by atoms with Crippen LogP contribution in [-0.2, 0) is 28.7 Å². The van der Waals surface area contributed by atoms with Crippen LogP contribution in [0.15, 0.2) is 0 Å². The maximum Gasteiger partial charge on any atom is 0.340 e. The van der Waals surface area contributed by atoms with E-state index in [1.165, 1.54) is 0 Å². The molecule has 6 atom stereocenters. The third-order valence-electron chi connectivity index (χ3n) is 8.90. The lowest BCUT2D eigenvalue weighted by atomic mass is 9.57. The molecule has 274 valence electrons. The smallest absolute Gasteiger partial charge is 0.340 e. The summed E-state index contributed by atoms with van der Waals surface area (Å²) in [5, 5.41) is 28.0. The minimum atomic E-state index is -3.90. The molecule has 0 radical (unpaired) electrons. The van der Waals surface area contributed by atoms with Crippen molar-refractivity contribution in [2.45, 2.75) is 150 Å². The minimum Gasteiger partial charge on any atom is -0.391 e. The Morgan fingerprint density at radius 1 is 0.766 bits per heavy atom. The highest BCUT2D eigenvalue weighted by Gasteiger charge is 2.76. The Bertz CT molecular complexity index is 1070. The van der Waals surface area contributed by atoms with Crippen LogP contribution in [0.25, 0.3) is 0 Å². The van der Waals surface area contributed by atoms with E-state index in [9.17, 15) is 34.2 Å². The van der Waals surface area contributed by atoms with E-state index < -0.39 is 93.9 Å². The molecule has 0 fully saturated rings. The zero-order valence-electron chi connectivity index (χ0n) is 30.5. The minimum absolute atomic E-state index is 0.0106. The van der Waals surface area contributed by atoms with Crippen LogP contribution in [-0.4, -0.2) is 75.6 Å². The number of ketones is 3. The predicted octanol–water partition coefficient (Wildman–Crippen LogP) is 1.81. The molecule has 0 saturated carbocycles. The van der Waals surface area contributed by atoms with E-state index in [-0.39, 0.29) is 13.0 Å². The lowest BCUT2D eigenvalue weighted by Gasteiger charge is -2.55. The zero-order chi connectivity index (χ0) is 37.1. The monoisotopic (exact) mass is 671 g/mol. The van der Waals surface area contributed by atoms with Crippen LogP contribution < -0.4 is 28.3 Å². The number of Topliss-reactive ketones (excluding diaryl/α,β-unsaturated/α-hetero) is 3. The third-order valence-corrected chi connectivity index (χ3v) is 8.90. The third kappa shape index (κ3) is 10.2. The van der Waals surface area contributed by atoms with E-state index >= 15 is 0 Å². The SMILES string of the molecule is CCCCCCC(=O)C(C(=O)OC(=O)C(N)C(C)C)(C(=O)C(C)N)C(O)(O)C(N)(NCCCCC)C(C(=O)C(N)C(C)C)C(C)(C)C. The summed E-state index contributed by atoms with van der Waals surface area (Å²) in [4.78, 5) is 70.3. The number of aliphatic hydroxyl groups is 2. The number of carbonyl (C=O) groups is 5. The van der Waals surface area contributed by atoms with Crippen LogP contribution in [0.1, 0.15) is 121 Å². The van der Waals surface area contributed by atoms with Gasteiger partial charge < -0.3 is 37.9 Å². The Balaban J connectivity index is 8.15. The zero-order valence-corrected chi connectivity index (χ0v) is 30.5. The Hall–Kier alpha value is -2.13. The molecule has 13 nitrogen and oxygen atoms in total. The highest BCUT2D eigenvalue weighted by atomic mass is 16.6. The Morgan fingerprint density at radius 3 is 1.68 bits per heavy atom. The number of ether oxygens (including phenoxy) is 1. The van der Waals surface area contributed by atoms with Crippen molar-refractivity contribution in [3.63, 3.8) is 0 Å². The molecular formula is C34H65N5O8. The molecule has 6 unspecified atom stereocenters. The predicted molar refractivity (Wildman–Crippen MR) is 181 cm³/mol. The van der Waals surface area contributed by atoms with Crippen molar-refractivity contribution in [3.8, 4) is 0 Å². The first-order valence-corrected chi connectivity index (χ1v) is 17.1. The summed E-state index contributed by atoms with van der Waals surface area (Å²) in [7, 11) is 0. The summed E-state index contributed by atoms with van der Waals surface area (Å²) in [6.45, 7) is 16.4. The molecule has 47 heavy (non-hydrogen) atoms. The lowest BCUT2D eigenvalue weighted by Crippen LogP contribution is -2.84. The molecule has 0 aliphatic rings. The molecule has 0 heterocycles. The van der Waals surface area contributed by atoms with E-state index in [0.29, 0.717) is 25.7 Å². The van der Waals surface area contributed by atoms with Gasteiger partial charge in [0.2, 0.25) is 11.2 Å². The fraction of sp³-hybridized carbons (Fsp3) is 0.853. The van der Waals surface area contributed by atoms with Crippen LogP contribution >= 0.6 is 0 Å². The number of unbranched alkanes of at least 4 members (excludes halogenated alkanes) is 5. The van der Waals surface area contributed by atoms with Crippen LogP contribution in [0.2, 0.25) is 0 Å². The molecule has 0 aromatic rings. The largest absolute Gasteiger partial charge is 0.391 e. The maximum atomic E-state index is 14.4. The number of nitrogens with one attached hydrogen (secondary N) is 1. The van der Waals surface area contributed by atoms with Gasteiger partial charge in [0.25, 0.3) is 0 Å². The summed E-state index contributed by atoms with van der Waals surface area (Å²) in [6, 6.07) is -4.17. The van der Waals surface area contributed by atoms with Crippen LogP contribution in [0.5, 0.6) is 0 Å². The first kappa shape index (κ1) is 44.9. The molecule has 0 spiro atoms. The van der Waals surface area contributed by atoms with Gasteiger partial charge in [0.15, 0.2) is 17.3 Å². The van der Waals surface area contributed by atoms with Crippen molar-refractivity contribution >= 4 is 29.3 Å². The summed E-state index contributed by atoms with van der Waals surface area (Å²) in [5.74, 6) is -13.1. The van der Waals surface area contributed by atoms with E-state index in [1.807, 2.05) is 13.8 Å². The molecule has 0 amide bonds. The molecule has 0 saturated heterocycles. The standard InChI is InChI=1S/C34H65N5O8/c1-11-13-15-16-18-23(40)32(28(42)22(7)35,30(44)47-29(43)25(37)21(5)6)34(45,46)33(38,39-19-17-14-12-2)27(31(8,9)10)26(41)24(36)20(3)4/h20-22,24-25,27,39,45-46H,11-19,35-38H2,1-10H3. The van der Waals surface area contributed by atoms with Gasteiger partial charge in [0.1, 0.15) is 11.7 Å². The summed E-state index contributed by atoms with van der Waals surface area (Å²) >= 11 is 0. The van der Waals surface area contributed by atoms with Gasteiger partial charge >= 0.3 is 11.9 Å². The van der Waals surface area contributed by atoms with Gasteiger partial charge in [-0.3, -0.25) is 19.7 Å². The van der Waals surface area contributed by atoms with Gasteiger partial charge in [-0.2, -0.15) is 0 Å². The van der Waals surface area contributed by atoms with Crippen molar-refractivity contribution < 1.29 is 38.9 Å². The van der Waals surface area contributed by atoms with Gasteiger partial charge in [-0.15, -0.1) is 0 Å².